The Hall–Kier alpha value is -4.48. The largest absolute Gasteiger partial charge is 0.455 e. The van der Waals surface area contributed by atoms with Gasteiger partial charge in [0.15, 0.2) is 5.76 Å². The van der Waals surface area contributed by atoms with E-state index in [1.807, 2.05) is 60.7 Å². The molecule has 0 radical (unpaired) electrons. The lowest BCUT2D eigenvalue weighted by molar-refractivity contribution is 0.0920. The van der Waals surface area contributed by atoms with E-state index in [1.165, 1.54) is 28.8 Å². The predicted octanol–water partition coefficient (Wildman–Crippen LogP) is 7.57. The maximum atomic E-state index is 13.4. The lowest BCUT2D eigenvalue weighted by atomic mass is 9.88. The van der Waals surface area contributed by atoms with E-state index in [9.17, 15) is 9.18 Å². The Morgan fingerprint density at radius 1 is 0.675 bits per heavy atom. The van der Waals surface area contributed by atoms with Crippen molar-refractivity contribution in [3.63, 3.8) is 0 Å². The van der Waals surface area contributed by atoms with Crippen molar-refractivity contribution in [2.45, 2.75) is 32.0 Å². The lowest BCUT2D eigenvalue weighted by Crippen LogP contribution is -2.25. The first-order valence-electron chi connectivity index (χ1n) is 13.6. The molecule has 0 aliphatic rings. The fraction of sp³-hybridized carbons (Fsp3) is 0.171. The van der Waals surface area contributed by atoms with Gasteiger partial charge < -0.3 is 9.73 Å². The van der Waals surface area contributed by atoms with E-state index in [1.54, 1.807) is 18.2 Å². The number of nitrogens with zero attached hydrogens (tertiary/aromatic N) is 1. The summed E-state index contributed by atoms with van der Waals surface area (Å²) in [5.41, 5.74) is 4.62. The van der Waals surface area contributed by atoms with Gasteiger partial charge in [0.2, 0.25) is 0 Å². The van der Waals surface area contributed by atoms with E-state index in [4.69, 9.17) is 4.42 Å². The second kappa shape index (κ2) is 13.5. The molecule has 1 aromatic heterocycles. The number of hydrogen-bond donors (Lipinski definition) is 1. The Balaban J connectivity index is 1.22. The van der Waals surface area contributed by atoms with Crippen LogP contribution < -0.4 is 5.32 Å². The van der Waals surface area contributed by atoms with E-state index >= 15 is 0 Å². The number of hydrogen-bond acceptors (Lipinski definition) is 3. The molecular weight excluding hydrogens is 499 g/mol. The highest BCUT2D eigenvalue weighted by Crippen LogP contribution is 2.27. The highest BCUT2D eigenvalue weighted by molar-refractivity contribution is 5.91. The Morgan fingerprint density at radius 2 is 1.23 bits per heavy atom. The molecule has 4 aromatic carbocycles. The maximum Gasteiger partial charge on any atom is 0.286 e. The number of benzene rings is 4. The molecule has 0 aliphatic carbocycles. The minimum absolute atomic E-state index is 0.188. The second-order valence-electron chi connectivity index (χ2n) is 9.94. The van der Waals surface area contributed by atoms with E-state index < -0.39 is 0 Å². The van der Waals surface area contributed by atoms with Crippen molar-refractivity contribution in [1.29, 1.82) is 0 Å². The number of nitrogens with one attached hydrogen (secondary N) is 1. The number of furan rings is 1. The van der Waals surface area contributed by atoms with Gasteiger partial charge in [-0.1, -0.05) is 103 Å². The maximum absolute atomic E-state index is 13.4. The number of carbonyl (C=O) groups is 1. The molecule has 0 spiro atoms. The zero-order chi connectivity index (χ0) is 27.6. The van der Waals surface area contributed by atoms with Crippen LogP contribution in [0.3, 0.4) is 0 Å². The van der Waals surface area contributed by atoms with Crippen LogP contribution in [-0.4, -0.2) is 17.4 Å². The van der Waals surface area contributed by atoms with Gasteiger partial charge in [-0.05, 0) is 52.9 Å². The zero-order valence-electron chi connectivity index (χ0n) is 22.4. The van der Waals surface area contributed by atoms with Crippen LogP contribution in [0, 0.1) is 5.82 Å². The number of rotatable bonds is 12. The molecule has 1 amide bonds. The van der Waals surface area contributed by atoms with Crippen molar-refractivity contribution < 1.29 is 13.6 Å². The number of halogens is 1. The fourth-order valence-corrected chi connectivity index (χ4v) is 4.98. The summed E-state index contributed by atoms with van der Waals surface area (Å²) in [5.74, 6) is 0.716. The average Bonchev–Trinajstić information content (AvgIpc) is 3.46. The first kappa shape index (κ1) is 27.1. The van der Waals surface area contributed by atoms with Crippen molar-refractivity contribution in [1.82, 2.24) is 10.2 Å². The van der Waals surface area contributed by atoms with Crippen LogP contribution in [0.1, 0.15) is 50.9 Å². The smallest absolute Gasteiger partial charge is 0.286 e. The van der Waals surface area contributed by atoms with Gasteiger partial charge in [0, 0.05) is 25.6 Å². The minimum Gasteiger partial charge on any atom is -0.455 e. The Bertz CT molecular complexity index is 1430. The molecule has 0 unspecified atom stereocenters. The summed E-state index contributed by atoms with van der Waals surface area (Å²) < 4.78 is 19.4. The van der Waals surface area contributed by atoms with E-state index in [0.717, 1.165) is 12.0 Å². The fourth-order valence-electron chi connectivity index (χ4n) is 4.98. The Morgan fingerprint density at radius 3 is 1.82 bits per heavy atom. The van der Waals surface area contributed by atoms with Crippen molar-refractivity contribution in [3.8, 4) is 0 Å². The predicted molar refractivity (Wildman–Crippen MR) is 156 cm³/mol. The van der Waals surface area contributed by atoms with Crippen LogP contribution >= 0.6 is 0 Å². The minimum atomic E-state index is -0.251. The summed E-state index contributed by atoms with van der Waals surface area (Å²) in [4.78, 5) is 15.2. The third kappa shape index (κ3) is 7.55. The molecule has 5 aromatic rings. The molecule has 5 rings (SSSR count). The average molecular weight is 533 g/mol. The first-order chi connectivity index (χ1) is 19.6. The third-order valence-corrected chi connectivity index (χ3v) is 6.96. The molecule has 40 heavy (non-hydrogen) atoms. The van der Waals surface area contributed by atoms with Crippen LogP contribution in [0.5, 0.6) is 0 Å². The van der Waals surface area contributed by atoms with Gasteiger partial charge in [0.25, 0.3) is 5.91 Å². The Labute approximate surface area is 235 Å². The molecule has 4 nitrogen and oxygen atoms in total. The van der Waals surface area contributed by atoms with Crippen LogP contribution in [0.2, 0.25) is 0 Å². The van der Waals surface area contributed by atoms with Gasteiger partial charge >= 0.3 is 0 Å². The summed E-state index contributed by atoms with van der Waals surface area (Å²) in [7, 11) is 0. The SMILES string of the molecule is O=C(NCCC(c1ccccc1)c1ccccc1)c1ccc(CN(Cc2ccccc2)Cc2ccc(F)cc2)o1. The molecule has 0 aliphatic heterocycles. The van der Waals surface area contributed by atoms with Gasteiger partial charge in [-0.3, -0.25) is 9.69 Å². The van der Waals surface area contributed by atoms with Crippen molar-refractivity contribution in [3.05, 3.63) is 167 Å². The van der Waals surface area contributed by atoms with Crippen LogP contribution in [0.4, 0.5) is 4.39 Å². The molecule has 0 saturated carbocycles. The summed E-state index contributed by atoms with van der Waals surface area (Å²) in [6, 6.07) is 41.1. The summed E-state index contributed by atoms with van der Waals surface area (Å²) in [5, 5.41) is 3.04. The quantitative estimate of drug-likeness (QED) is 0.180. The van der Waals surface area contributed by atoms with Crippen LogP contribution in [0.25, 0.3) is 0 Å². The van der Waals surface area contributed by atoms with Crippen molar-refractivity contribution in [2.24, 2.45) is 0 Å². The highest BCUT2D eigenvalue weighted by atomic mass is 19.1. The van der Waals surface area contributed by atoms with E-state index in [2.05, 4.69) is 46.6 Å². The van der Waals surface area contributed by atoms with Gasteiger partial charge in [0.1, 0.15) is 11.6 Å². The summed E-state index contributed by atoms with van der Waals surface area (Å²) in [6.45, 7) is 2.36. The molecule has 1 N–H and O–H groups in total. The first-order valence-corrected chi connectivity index (χ1v) is 13.6. The molecule has 1 heterocycles. The molecule has 0 atom stereocenters. The third-order valence-electron chi connectivity index (χ3n) is 6.96. The van der Waals surface area contributed by atoms with Gasteiger partial charge in [-0.2, -0.15) is 0 Å². The summed E-state index contributed by atoms with van der Waals surface area (Å²) in [6.07, 6.45) is 0.774. The van der Waals surface area contributed by atoms with Crippen molar-refractivity contribution >= 4 is 5.91 Å². The zero-order valence-corrected chi connectivity index (χ0v) is 22.4. The van der Waals surface area contributed by atoms with Gasteiger partial charge in [0.05, 0.1) is 6.54 Å². The topological polar surface area (TPSA) is 45.5 Å². The molecule has 0 fully saturated rings. The summed E-state index contributed by atoms with van der Waals surface area (Å²) >= 11 is 0. The highest BCUT2D eigenvalue weighted by Gasteiger charge is 2.17. The number of carbonyl (C=O) groups excluding carboxylic acids is 1. The van der Waals surface area contributed by atoms with Crippen LogP contribution in [-0.2, 0) is 19.6 Å². The second-order valence-corrected chi connectivity index (χ2v) is 9.94. The molecule has 0 bridgehead atoms. The van der Waals surface area contributed by atoms with Gasteiger partial charge in [-0.15, -0.1) is 0 Å². The molecular formula is C35H33FN2O2. The molecule has 0 saturated heterocycles. The number of amides is 1. The monoisotopic (exact) mass is 532 g/mol. The van der Waals surface area contributed by atoms with Crippen LogP contribution in [0.15, 0.2) is 132 Å². The van der Waals surface area contributed by atoms with E-state index in [0.29, 0.717) is 37.7 Å². The Kier molecular flexibility index (Phi) is 9.17. The standard InChI is InChI=1S/C35H33FN2O2/c36-31-18-16-28(17-19-31)25-38(24-27-10-4-1-5-11-27)26-32-20-21-34(40-32)35(39)37-23-22-33(29-12-6-2-7-13-29)30-14-8-3-9-15-30/h1-21,33H,22-26H2,(H,37,39). The molecule has 202 valence electrons. The van der Waals surface area contributed by atoms with Gasteiger partial charge in [-0.25, -0.2) is 4.39 Å². The normalized spacial score (nSPS) is 11.2. The molecule has 5 heteroatoms. The van der Waals surface area contributed by atoms with Crippen molar-refractivity contribution in [2.75, 3.05) is 6.54 Å². The lowest BCUT2D eigenvalue weighted by Gasteiger charge is -2.21. The van der Waals surface area contributed by atoms with E-state index in [-0.39, 0.29) is 17.6 Å².